The number of hydrogen-bond donors (Lipinski definition) is 2. The minimum atomic E-state index is -0.0416. The zero-order valence-corrected chi connectivity index (χ0v) is 15.9. The number of carbonyl (C=O) groups is 1. The summed E-state index contributed by atoms with van der Waals surface area (Å²) in [6.07, 6.45) is 0. The van der Waals surface area contributed by atoms with Gasteiger partial charge in [0.1, 0.15) is 0 Å². The fourth-order valence-electron chi connectivity index (χ4n) is 3.19. The van der Waals surface area contributed by atoms with E-state index in [2.05, 4.69) is 45.7 Å². The Morgan fingerprint density at radius 2 is 1.69 bits per heavy atom. The quantitative estimate of drug-likeness (QED) is 0.868. The minimum Gasteiger partial charge on any atom is -0.376 e. The van der Waals surface area contributed by atoms with E-state index < -0.39 is 0 Å². The molecule has 1 aliphatic rings. The molecular formula is C21H28N4O. The average Bonchev–Trinajstić information content (AvgIpc) is 2.63. The molecule has 0 radical (unpaired) electrons. The van der Waals surface area contributed by atoms with Gasteiger partial charge in [-0.2, -0.15) is 0 Å². The highest BCUT2D eigenvalue weighted by atomic mass is 16.1. The van der Waals surface area contributed by atoms with Crippen LogP contribution in [0.5, 0.6) is 0 Å². The monoisotopic (exact) mass is 352 g/mol. The second kappa shape index (κ2) is 8.23. The molecule has 1 aliphatic heterocycles. The van der Waals surface area contributed by atoms with Crippen molar-refractivity contribution in [2.24, 2.45) is 0 Å². The summed E-state index contributed by atoms with van der Waals surface area (Å²) >= 11 is 0. The van der Waals surface area contributed by atoms with Crippen LogP contribution in [0, 0.1) is 13.8 Å². The molecule has 138 valence electrons. The number of hydrogen-bond acceptors (Lipinski definition) is 4. The van der Waals surface area contributed by atoms with Crippen LogP contribution in [0.1, 0.15) is 11.1 Å². The smallest absolute Gasteiger partial charge is 0.243 e. The second-order valence-electron chi connectivity index (χ2n) is 7.06. The molecule has 1 amide bonds. The second-order valence-corrected chi connectivity index (χ2v) is 7.06. The molecule has 26 heavy (non-hydrogen) atoms. The van der Waals surface area contributed by atoms with E-state index >= 15 is 0 Å². The normalized spacial score (nSPS) is 15.0. The van der Waals surface area contributed by atoms with Crippen LogP contribution < -0.4 is 15.5 Å². The molecule has 5 heteroatoms. The fourth-order valence-corrected chi connectivity index (χ4v) is 3.19. The van der Waals surface area contributed by atoms with Crippen molar-refractivity contribution in [3.8, 4) is 0 Å². The molecule has 0 atom stereocenters. The molecule has 0 aliphatic carbocycles. The van der Waals surface area contributed by atoms with Crippen LogP contribution >= 0.6 is 0 Å². The van der Waals surface area contributed by atoms with Crippen molar-refractivity contribution in [2.75, 3.05) is 55.3 Å². The summed E-state index contributed by atoms with van der Waals surface area (Å²) in [6, 6.07) is 14.3. The summed E-state index contributed by atoms with van der Waals surface area (Å²) in [6.45, 7) is 8.61. The minimum absolute atomic E-state index is 0.0416. The SMILES string of the molecule is Cc1ccc(NC(=O)CNc2ccc(N3CCN(C)CC3)cc2)c(C)c1. The van der Waals surface area contributed by atoms with Crippen LogP contribution in [0.2, 0.25) is 0 Å². The van der Waals surface area contributed by atoms with Gasteiger partial charge in [-0.1, -0.05) is 17.7 Å². The maximum absolute atomic E-state index is 12.2. The third-order valence-electron chi connectivity index (χ3n) is 4.84. The van der Waals surface area contributed by atoms with Crippen LogP contribution in [0.25, 0.3) is 0 Å². The topological polar surface area (TPSA) is 47.6 Å². The van der Waals surface area contributed by atoms with Gasteiger partial charge in [-0.3, -0.25) is 4.79 Å². The molecule has 2 N–H and O–H groups in total. The summed E-state index contributed by atoms with van der Waals surface area (Å²) in [5.41, 5.74) is 5.34. The Balaban J connectivity index is 1.50. The van der Waals surface area contributed by atoms with Gasteiger partial charge in [-0.25, -0.2) is 0 Å². The highest BCUT2D eigenvalue weighted by Gasteiger charge is 2.14. The lowest BCUT2D eigenvalue weighted by molar-refractivity contribution is -0.114. The predicted molar refractivity (Wildman–Crippen MR) is 109 cm³/mol. The van der Waals surface area contributed by atoms with E-state index in [-0.39, 0.29) is 12.5 Å². The average molecular weight is 352 g/mol. The highest BCUT2D eigenvalue weighted by Crippen LogP contribution is 2.19. The number of likely N-dealkylation sites (N-methyl/N-ethyl adjacent to an activating group) is 1. The van der Waals surface area contributed by atoms with E-state index in [4.69, 9.17) is 0 Å². The number of benzene rings is 2. The number of piperazine rings is 1. The third-order valence-corrected chi connectivity index (χ3v) is 4.84. The number of nitrogens with zero attached hydrogens (tertiary/aromatic N) is 2. The summed E-state index contributed by atoms with van der Waals surface area (Å²) in [5.74, 6) is -0.0416. The zero-order valence-electron chi connectivity index (χ0n) is 15.9. The van der Waals surface area contributed by atoms with Gasteiger partial charge in [-0.05, 0) is 56.8 Å². The van der Waals surface area contributed by atoms with E-state index in [0.717, 1.165) is 43.1 Å². The Hall–Kier alpha value is -2.53. The van der Waals surface area contributed by atoms with E-state index in [0.29, 0.717) is 0 Å². The largest absolute Gasteiger partial charge is 0.376 e. The number of nitrogens with one attached hydrogen (secondary N) is 2. The molecule has 0 aromatic heterocycles. The van der Waals surface area contributed by atoms with E-state index in [9.17, 15) is 4.79 Å². The van der Waals surface area contributed by atoms with E-state index in [1.54, 1.807) is 0 Å². The first-order valence-electron chi connectivity index (χ1n) is 9.16. The maximum Gasteiger partial charge on any atom is 0.243 e. The maximum atomic E-state index is 12.2. The molecule has 1 saturated heterocycles. The van der Waals surface area contributed by atoms with Gasteiger partial charge >= 0.3 is 0 Å². The number of amides is 1. The Morgan fingerprint density at radius 3 is 2.35 bits per heavy atom. The lowest BCUT2D eigenvalue weighted by Crippen LogP contribution is -2.44. The van der Waals surface area contributed by atoms with Crippen molar-refractivity contribution < 1.29 is 4.79 Å². The lowest BCUT2D eigenvalue weighted by atomic mass is 10.1. The number of anilines is 3. The molecule has 3 rings (SSSR count). The highest BCUT2D eigenvalue weighted by molar-refractivity contribution is 5.94. The van der Waals surface area contributed by atoms with Crippen LogP contribution in [-0.2, 0) is 4.79 Å². The van der Waals surface area contributed by atoms with Crippen LogP contribution in [-0.4, -0.2) is 50.6 Å². The third kappa shape index (κ3) is 4.76. The Bertz CT molecular complexity index is 749. The van der Waals surface area contributed by atoms with Gasteiger partial charge in [0.15, 0.2) is 0 Å². The molecule has 2 aromatic carbocycles. The van der Waals surface area contributed by atoms with Crippen molar-refractivity contribution in [1.82, 2.24) is 4.90 Å². The fraction of sp³-hybridized carbons (Fsp3) is 0.381. The summed E-state index contributed by atoms with van der Waals surface area (Å²) in [4.78, 5) is 16.9. The number of carbonyl (C=O) groups excluding carboxylic acids is 1. The Kier molecular flexibility index (Phi) is 5.78. The van der Waals surface area contributed by atoms with Crippen molar-refractivity contribution in [3.63, 3.8) is 0 Å². The standard InChI is InChI=1S/C21H28N4O/c1-16-4-9-20(17(2)14-16)23-21(26)15-22-18-5-7-19(8-6-18)25-12-10-24(3)11-13-25/h4-9,14,22H,10-13,15H2,1-3H3,(H,23,26). The number of rotatable bonds is 5. The van der Waals surface area contributed by atoms with Gasteiger partial charge in [-0.15, -0.1) is 0 Å². The van der Waals surface area contributed by atoms with Gasteiger partial charge in [0.2, 0.25) is 5.91 Å². The molecule has 0 spiro atoms. The van der Waals surface area contributed by atoms with Gasteiger partial charge in [0, 0.05) is 43.2 Å². The molecule has 0 unspecified atom stereocenters. The summed E-state index contributed by atoms with van der Waals surface area (Å²) in [5, 5.41) is 6.15. The van der Waals surface area contributed by atoms with Crippen LogP contribution in [0.4, 0.5) is 17.1 Å². The summed E-state index contributed by atoms with van der Waals surface area (Å²) < 4.78 is 0. The van der Waals surface area contributed by atoms with Gasteiger partial charge in [0.25, 0.3) is 0 Å². The van der Waals surface area contributed by atoms with Crippen LogP contribution in [0.15, 0.2) is 42.5 Å². The first kappa shape index (κ1) is 18.3. The zero-order chi connectivity index (χ0) is 18.5. The van der Waals surface area contributed by atoms with E-state index in [1.165, 1.54) is 11.3 Å². The Labute approximate surface area is 156 Å². The number of aryl methyl sites for hydroxylation is 2. The molecule has 1 heterocycles. The first-order chi connectivity index (χ1) is 12.5. The Morgan fingerprint density at radius 1 is 1.00 bits per heavy atom. The predicted octanol–water partition coefficient (Wildman–Crippen LogP) is 3.11. The molecule has 1 fully saturated rings. The molecule has 2 aromatic rings. The van der Waals surface area contributed by atoms with Gasteiger partial charge in [0.05, 0.1) is 6.54 Å². The molecule has 0 bridgehead atoms. The van der Waals surface area contributed by atoms with E-state index in [1.807, 2.05) is 38.1 Å². The summed E-state index contributed by atoms with van der Waals surface area (Å²) in [7, 11) is 2.16. The van der Waals surface area contributed by atoms with Crippen molar-refractivity contribution in [3.05, 3.63) is 53.6 Å². The molecular weight excluding hydrogens is 324 g/mol. The van der Waals surface area contributed by atoms with Gasteiger partial charge < -0.3 is 20.4 Å². The van der Waals surface area contributed by atoms with Crippen molar-refractivity contribution >= 4 is 23.0 Å². The molecule has 0 saturated carbocycles. The van der Waals surface area contributed by atoms with Crippen molar-refractivity contribution in [2.45, 2.75) is 13.8 Å². The molecule has 5 nitrogen and oxygen atoms in total. The van der Waals surface area contributed by atoms with Crippen LogP contribution in [0.3, 0.4) is 0 Å². The first-order valence-corrected chi connectivity index (χ1v) is 9.16. The van der Waals surface area contributed by atoms with Crippen molar-refractivity contribution in [1.29, 1.82) is 0 Å². The lowest BCUT2D eigenvalue weighted by Gasteiger charge is -2.34.